The van der Waals surface area contributed by atoms with Crippen LogP contribution in [0.15, 0.2) is 58.9 Å². The zero-order chi connectivity index (χ0) is 25.8. The van der Waals surface area contributed by atoms with Crippen molar-refractivity contribution < 1.29 is 33.3 Å². The van der Waals surface area contributed by atoms with E-state index in [0.29, 0.717) is 46.1 Å². The fourth-order valence-corrected chi connectivity index (χ4v) is 4.86. The average Bonchev–Trinajstić information content (AvgIpc) is 2.90. The number of hydrogen-bond acceptors (Lipinski definition) is 8. The van der Waals surface area contributed by atoms with Crippen LogP contribution in [-0.4, -0.2) is 40.2 Å². The summed E-state index contributed by atoms with van der Waals surface area (Å²) in [5.41, 5.74) is 3.86. The van der Waals surface area contributed by atoms with E-state index in [4.69, 9.17) is 23.7 Å². The van der Waals surface area contributed by atoms with Crippen LogP contribution in [0.25, 0.3) is 0 Å². The number of nitrogens with one attached hydrogen (secondary N) is 1. The molecular weight excluding hydrogens is 462 g/mol. The number of Topliss-reactive ketones (excluding diaryl/α,β-unsaturated/α-hetero) is 1. The summed E-state index contributed by atoms with van der Waals surface area (Å²) in [5.74, 6) is 0.817. The molecule has 8 nitrogen and oxygen atoms in total. The average molecular weight is 494 g/mol. The summed E-state index contributed by atoms with van der Waals surface area (Å²) < 4.78 is 27.7. The van der Waals surface area contributed by atoms with Crippen LogP contribution in [-0.2, 0) is 20.9 Å². The summed E-state index contributed by atoms with van der Waals surface area (Å²) in [7, 11) is 6.18. The molecule has 1 aliphatic heterocycles. The quantitative estimate of drug-likeness (QED) is 0.540. The number of rotatable bonds is 8. The van der Waals surface area contributed by atoms with Crippen molar-refractivity contribution in [3.8, 4) is 23.0 Å². The van der Waals surface area contributed by atoms with Gasteiger partial charge in [0.05, 0.1) is 39.9 Å². The lowest BCUT2D eigenvalue weighted by molar-refractivity contribution is -0.140. The van der Waals surface area contributed by atoms with Crippen LogP contribution in [0.2, 0.25) is 0 Å². The number of ether oxygens (including phenoxy) is 5. The molecule has 0 radical (unpaired) electrons. The smallest absolute Gasteiger partial charge is 0.337 e. The molecule has 1 unspecified atom stereocenters. The van der Waals surface area contributed by atoms with E-state index in [1.54, 1.807) is 20.3 Å². The Kier molecular flexibility index (Phi) is 7.52. The van der Waals surface area contributed by atoms with Gasteiger partial charge in [-0.3, -0.25) is 4.79 Å². The molecule has 1 aliphatic carbocycles. The molecule has 0 saturated heterocycles. The first kappa shape index (κ1) is 25.2. The van der Waals surface area contributed by atoms with Crippen LogP contribution in [0.4, 0.5) is 0 Å². The van der Waals surface area contributed by atoms with E-state index in [0.717, 1.165) is 29.9 Å². The number of benzene rings is 2. The fraction of sp³-hybridized carbons (Fsp3) is 0.357. The topological polar surface area (TPSA) is 92.3 Å². The van der Waals surface area contributed by atoms with E-state index in [9.17, 15) is 9.59 Å². The molecule has 0 fully saturated rings. The highest BCUT2D eigenvalue weighted by Gasteiger charge is 2.41. The zero-order valence-electron chi connectivity index (χ0n) is 21.2. The molecular formula is C28H31NO7. The summed E-state index contributed by atoms with van der Waals surface area (Å²) in [6.45, 7) is 1.91. The maximum atomic E-state index is 13.6. The van der Waals surface area contributed by atoms with Crippen molar-refractivity contribution in [3.63, 3.8) is 0 Å². The van der Waals surface area contributed by atoms with Crippen molar-refractivity contribution in [2.24, 2.45) is 0 Å². The van der Waals surface area contributed by atoms with Gasteiger partial charge in [-0.1, -0.05) is 18.2 Å². The third kappa shape index (κ3) is 4.63. The SMILES string of the molecule is COc1ccc(COC(=O)C2=C(C)NC3=C(C(=O)CCC3)C2c2ccc(OC)c(OC)c2OC)cc1. The molecule has 1 atom stereocenters. The number of dihydropyridines is 1. The maximum absolute atomic E-state index is 13.6. The second kappa shape index (κ2) is 10.8. The lowest BCUT2D eigenvalue weighted by Gasteiger charge is -2.35. The van der Waals surface area contributed by atoms with Gasteiger partial charge in [0.2, 0.25) is 5.75 Å². The second-order valence-electron chi connectivity index (χ2n) is 8.61. The Labute approximate surface area is 210 Å². The van der Waals surface area contributed by atoms with Gasteiger partial charge in [-0.15, -0.1) is 0 Å². The van der Waals surface area contributed by atoms with Crippen LogP contribution >= 0.6 is 0 Å². The predicted molar refractivity (Wildman–Crippen MR) is 133 cm³/mol. The highest BCUT2D eigenvalue weighted by Crippen LogP contribution is 2.50. The Morgan fingerprint density at radius 1 is 0.917 bits per heavy atom. The first-order valence-corrected chi connectivity index (χ1v) is 11.8. The molecule has 4 rings (SSSR count). The van der Waals surface area contributed by atoms with Crippen molar-refractivity contribution >= 4 is 11.8 Å². The minimum Gasteiger partial charge on any atom is -0.497 e. The van der Waals surface area contributed by atoms with Crippen LogP contribution in [0.5, 0.6) is 23.0 Å². The first-order chi connectivity index (χ1) is 17.4. The molecule has 36 heavy (non-hydrogen) atoms. The molecule has 2 aromatic rings. The van der Waals surface area contributed by atoms with Gasteiger partial charge >= 0.3 is 5.97 Å². The lowest BCUT2D eigenvalue weighted by Crippen LogP contribution is -2.34. The Balaban J connectivity index is 1.77. The van der Waals surface area contributed by atoms with Gasteiger partial charge in [0.15, 0.2) is 17.3 Å². The molecule has 0 aromatic heterocycles. The van der Waals surface area contributed by atoms with Crippen molar-refractivity contribution in [1.82, 2.24) is 5.32 Å². The van der Waals surface area contributed by atoms with Gasteiger partial charge in [0, 0.05) is 29.0 Å². The lowest BCUT2D eigenvalue weighted by atomic mass is 9.75. The van der Waals surface area contributed by atoms with E-state index in [-0.39, 0.29) is 12.4 Å². The summed E-state index contributed by atoms with van der Waals surface area (Å²) in [6, 6.07) is 10.9. The van der Waals surface area contributed by atoms with Crippen LogP contribution < -0.4 is 24.3 Å². The molecule has 0 saturated carbocycles. The number of methoxy groups -OCH3 is 4. The molecule has 0 amide bonds. The molecule has 1 heterocycles. The normalized spacial score (nSPS) is 17.2. The molecule has 8 heteroatoms. The molecule has 0 spiro atoms. The number of ketones is 1. The van der Waals surface area contributed by atoms with E-state index in [1.165, 1.54) is 14.2 Å². The maximum Gasteiger partial charge on any atom is 0.337 e. The predicted octanol–water partition coefficient (Wildman–Crippen LogP) is 4.43. The Bertz CT molecular complexity index is 1230. The minimum absolute atomic E-state index is 0.00135. The van der Waals surface area contributed by atoms with E-state index in [1.807, 2.05) is 37.3 Å². The van der Waals surface area contributed by atoms with Gasteiger partial charge in [-0.05, 0) is 43.5 Å². The Morgan fingerprint density at radius 3 is 2.28 bits per heavy atom. The summed E-state index contributed by atoms with van der Waals surface area (Å²) in [5, 5.41) is 3.31. The zero-order valence-corrected chi connectivity index (χ0v) is 21.2. The third-order valence-corrected chi connectivity index (χ3v) is 6.57. The van der Waals surface area contributed by atoms with Crippen LogP contribution in [0, 0.1) is 0 Å². The number of esters is 1. The number of carbonyl (C=O) groups is 2. The number of allylic oxidation sites excluding steroid dienone is 3. The van der Waals surface area contributed by atoms with Crippen LogP contribution in [0.1, 0.15) is 43.2 Å². The summed E-state index contributed by atoms with van der Waals surface area (Å²) >= 11 is 0. The van der Waals surface area contributed by atoms with Crippen molar-refractivity contribution in [3.05, 3.63) is 70.1 Å². The summed E-state index contributed by atoms with van der Waals surface area (Å²) in [6.07, 6.45) is 1.89. The Morgan fingerprint density at radius 2 is 1.64 bits per heavy atom. The highest BCUT2D eigenvalue weighted by molar-refractivity contribution is 6.04. The highest BCUT2D eigenvalue weighted by atomic mass is 16.5. The van der Waals surface area contributed by atoms with Crippen molar-refractivity contribution in [2.75, 3.05) is 28.4 Å². The standard InChI is InChI=1S/C28H31NO7/c1-16-23(28(31)36-15-17-9-11-18(32-2)12-10-17)24(25-20(29-16)7-6-8-21(25)30)19-13-14-22(33-3)27(35-5)26(19)34-4/h9-14,24,29H,6-8,15H2,1-5H3. The molecule has 2 aliphatic rings. The van der Waals surface area contributed by atoms with Gasteiger partial charge in [-0.2, -0.15) is 0 Å². The molecule has 190 valence electrons. The monoisotopic (exact) mass is 493 g/mol. The van der Waals surface area contributed by atoms with E-state index in [2.05, 4.69) is 5.32 Å². The Hall–Kier alpha value is -3.94. The number of carbonyl (C=O) groups excluding carboxylic acids is 2. The second-order valence-corrected chi connectivity index (χ2v) is 8.61. The molecule has 1 N–H and O–H groups in total. The first-order valence-electron chi connectivity index (χ1n) is 11.8. The molecule has 2 aromatic carbocycles. The van der Waals surface area contributed by atoms with Gasteiger partial charge in [-0.25, -0.2) is 4.79 Å². The van der Waals surface area contributed by atoms with E-state index >= 15 is 0 Å². The van der Waals surface area contributed by atoms with Gasteiger partial charge < -0.3 is 29.0 Å². The third-order valence-electron chi connectivity index (χ3n) is 6.57. The number of hydrogen-bond donors (Lipinski definition) is 1. The van der Waals surface area contributed by atoms with Crippen molar-refractivity contribution in [1.29, 1.82) is 0 Å². The summed E-state index contributed by atoms with van der Waals surface area (Å²) in [4.78, 5) is 26.8. The largest absolute Gasteiger partial charge is 0.497 e. The molecule has 0 bridgehead atoms. The van der Waals surface area contributed by atoms with Crippen LogP contribution in [0.3, 0.4) is 0 Å². The fourth-order valence-electron chi connectivity index (χ4n) is 4.86. The van der Waals surface area contributed by atoms with Crippen molar-refractivity contribution in [2.45, 2.75) is 38.7 Å². The van der Waals surface area contributed by atoms with E-state index < -0.39 is 11.9 Å². The minimum atomic E-state index is -0.674. The van der Waals surface area contributed by atoms with Gasteiger partial charge in [0.25, 0.3) is 0 Å². The van der Waals surface area contributed by atoms with Gasteiger partial charge in [0.1, 0.15) is 12.4 Å².